The molecule has 2 amide bonds. The van der Waals surface area contributed by atoms with Crippen LogP contribution in [0, 0.1) is 0 Å². The average Bonchev–Trinajstić information content (AvgIpc) is 2.55. The number of amides is 2. The molecule has 0 fully saturated rings. The monoisotopic (exact) mass is 353 g/mol. The first kappa shape index (κ1) is 17.4. The molecule has 23 heavy (non-hydrogen) atoms. The van der Waals surface area contributed by atoms with Crippen molar-refractivity contribution in [3.8, 4) is 5.88 Å². The first-order chi connectivity index (χ1) is 11.0. The Kier molecular flexibility index (Phi) is 6.07. The molecular formula is C16H17Cl2N3O2. The topological polar surface area (TPSA) is 63.2 Å². The van der Waals surface area contributed by atoms with Gasteiger partial charge in [-0.25, -0.2) is 9.78 Å². The van der Waals surface area contributed by atoms with Crippen LogP contribution in [0.5, 0.6) is 5.88 Å². The highest BCUT2D eigenvalue weighted by molar-refractivity contribution is 6.42. The van der Waals surface area contributed by atoms with Gasteiger partial charge in [0.05, 0.1) is 23.2 Å². The van der Waals surface area contributed by atoms with Gasteiger partial charge in [0, 0.05) is 18.8 Å². The summed E-state index contributed by atoms with van der Waals surface area (Å²) in [5.74, 6) is 0.508. The lowest BCUT2D eigenvalue weighted by Gasteiger charge is -2.16. The summed E-state index contributed by atoms with van der Waals surface area (Å²) >= 11 is 11.9. The zero-order chi connectivity index (χ0) is 16.8. The number of benzene rings is 1. The summed E-state index contributed by atoms with van der Waals surface area (Å²) in [6.07, 6.45) is 1.63. The fourth-order valence-corrected chi connectivity index (χ4v) is 2.27. The van der Waals surface area contributed by atoms with E-state index < -0.39 is 0 Å². The molecule has 0 spiro atoms. The van der Waals surface area contributed by atoms with Crippen molar-refractivity contribution in [1.82, 2.24) is 15.6 Å². The standard InChI is InChI=1S/C16H17Cl2N3O2/c1-10(12-3-4-13(17)14(18)8-12)21-16(22)20-9-11-5-6-19-15(7-11)23-2/h3-8,10H,9H2,1-2H3,(H2,20,21,22). The smallest absolute Gasteiger partial charge is 0.315 e. The Balaban J connectivity index is 1.89. The zero-order valence-electron chi connectivity index (χ0n) is 12.8. The number of nitrogens with zero attached hydrogens (tertiary/aromatic N) is 1. The molecule has 0 saturated heterocycles. The fourth-order valence-electron chi connectivity index (χ4n) is 1.97. The number of urea groups is 1. The summed E-state index contributed by atoms with van der Waals surface area (Å²) in [7, 11) is 1.55. The minimum absolute atomic E-state index is 0.197. The first-order valence-electron chi connectivity index (χ1n) is 6.98. The molecule has 2 rings (SSSR count). The van der Waals surface area contributed by atoms with E-state index in [4.69, 9.17) is 27.9 Å². The number of pyridine rings is 1. The second-order valence-electron chi connectivity index (χ2n) is 4.93. The van der Waals surface area contributed by atoms with Crippen LogP contribution in [0.3, 0.4) is 0 Å². The molecule has 0 aliphatic carbocycles. The van der Waals surface area contributed by atoms with Crippen LogP contribution in [0.25, 0.3) is 0 Å². The van der Waals surface area contributed by atoms with E-state index in [1.165, 1.54) is 0 Å². The second kappa shape index (κ2) is 8.04. The molecule has 122 valence electrons. The minimum atomic E-state index is -0.278. The van der Waals surface area contributed by atoms with E-state index in [-0.39, 0.29) is 12.1 Å². The zero-order valence-corrected chi connectivity index (χ0v) is 14.3. The number of aromatic nitrogens is 1. The number of halogens is 2. The first-order valence-corrected chi connectivity index (χ1v) is 7.73. The van der Waals surface area contributed by atoms with Crippen molar-refractivity contribution < 1.29 is 9.53 Å². The molecule has 0 bridgehead atoms. The maximum absolute atomic E-state index is 12.0. The molecule has 1 unspecified atom stereocenters. The van der Waals surface area contributed by atoms with Gasteiger partial charge in [0.1, 0.15) is 0 Å². The van der Waals surface area contributed by atoms with E-state index >= 15 is 0 Å². The van der Waals surface area contributed by atoms with Gasteiger partial charge in [0.15, 0.2) is 0 Å². The number of carbonyl (C=O) groups excluding carboxylic acids is 1. The van der Waals surface area contributed by atoms with E-state index in [0.29, 0.717) is 22.5 Å². The molecule has 1 atom stereocenters. The molecule has 7 heteroatoms. The van der Waals surface area contributed by atoms with Crippen LogP contribution in [0.4, 0.5) is 4.79 Å². The fraction of sp³-hybridized carbons (Fsp3) is 0.250. The number of carbonyl (C=O) groups is 1. The quantitative estimate of drug-likeness (QED) is 0.854. The molecule has 0 radical (unpaired) electrons. The molecule has 1 aromatic heterocycles. The summed E-state index contributed by atoms with van der Waals surface area (Å²) in [6.45, 7) is 2.24. The van der Waals surface area contributed by atoms with Crippen molar-refractivity contribution >= 4 is 29.2 Å². The maximum Gasteiger partial charge on any atom is 0.315 e. The largest absolute Gasteiger partial charge is 0.481 e. The number of rotatable bonds is 5. The Hall–Kier alpha value is -1.98. The summed E-state index contributed by atoms with van der Waals surface area (Å²) < 4.78 is 5.04. The van der Waals surface area contributed by atoms with Crippen molar-refractivity contribution in [2.24, 2.45) is 0 Å². The molecule has 0 saturated carbocycles. The Morgan fingerprint density at radius 2 is 2.04 bits per heavy atom. The van der Waals surface area contributed by atoms with E-state index in [0.717, 1.165) is 11.1 Å². The predicted molar refractivity (Wildman–Crippen MR) is 91.0 cm³/mol. The van der Waals surface area contributed by atoms with Crippen LogP contribution in [-0.4, -0.2) is 18.1 Å². The maximum atomic E-state index is 12.0. The average molecular weight is 354 g/mol. The second-order valence-corrected chi connectivity index (χ2v) is 5.74. The van der Waals surface area contributed by atoms with Gasteiger partial charge in [-0.1, -0.05) is 29.3 Å². The van der Waals surface area contributed by atoms with Crippen LogP contribution >= 0.6 is 23.2 Å². The number of hydrogen-bond acceptors (Lipinski definition) is 3. The Bertz CT molecular complexity index is 695. The van der Waals surface area contributed by atoms with Gasteiger partial charge in [-0.2, -0.15) is 0 Å². The third kappa shape index (κ3) is 5.01. The van der Waals surface area contributed by atoms with Crippen LogP contribution < -0.4 is 15.4 Å². The molecule has 0 aliphatic heterocycles. The SMILES string of the molecule is COc1cc(CNC(=O)NC(C)c2ccc(Cl)c(Cl)c2)ccn1. The highest BCUT2D eigenvalue weighted by Gasteiger charge is 2.11. The van der Waals surface area contributed by atoms with Crippen molar-refractivity contribution in [2.45, 2.75) is 19.5 Å². The van der Waals surface area contributed by atoms with Crippen molar-refractivity contribution in [3.05, 3.63) is 57.7 Å². The summed E-state index contributed by atoms with van der Waals surface area (Å²) in [5, 5.41) is 6.57. The van der Waals surface area contributed by atoms with Gasteiger partial charge in [-0.15, -0.1) is 0 Å². The number of methoxy groups -OCH3 is 1. The van der Waals surface area contributed by atoms with Gasteiger partial charge in [-0.3, -0.25) is 0 Å². The minimum Gasteiger partial charge on any atom is -0.481 e. The molecule has 0 aliphatic rings. The summed E-state index contributed by atoms with van der Waals surface area (Å²) in [6, 6.07) is 8.37. The van der Waals surface area contributed by atoms with Gasteiger partial charge in [0.25, 0.3) is 0 Å². The summed E-state index contributed by atoms with van der Waals surface area (Å²) in [5.41, 5.74) is 1.77. The van der Waals surface area contributed by atoms with Crippen molar-refractivity contribution in [1.29, 1.82) is 0 Å². The lowest BCUT2D eigenvalue weighted by Crippen LogP contribution is -2.36. The molecule has 1 heterocycles. The number of hydrogen-bond donors (Lipinski definition) is 2. The van der Waals surface area contributed by atoms with Crippen molar-refractivity contribution in [3.63, 3.8) is 0 Å². The van der Waals surface area contributed by atoms with Crippen LogP contribution in [-0.2, 0) is 6.54 Å². The van der Waals surface area contributed by atoms with Gasteiger partial charge in [0.2, 0.25) is 5.88 Å². The van der Waals surface area contributed by atoms with E-state index in [1.54, 1.807) is 31.5 Å². The molecule has 2 N–H and O–H groups in total. The van der Waals surface area contributed by atoms with E-state index in [2.05, 4.69) is 15.6 Å². The molecule has 1 aromatic carbocycles. The van der Waals surface area contributed by atoms with Crippen LogP contribution in [0.2, 0.25) is 10.0 Å². The number of ether oxygens (including phenoxy) is 1. The Morgan fingerprint density at radius 1 is 1.26 bits per heavy atom. The lowest BCUT2D eigenvalue weighted by atomic mass is 10.1. The van der Waals surface area contributed by atoms with Crippen LogP contribution in [0.1, 0.15) is 24.1 Å². The molecular weight excluding hydrogens is 337 g/mol. The number of nitrogens with one attached hydrogen (secondary N) is 2. The van der Waals surface area contributed by atoms with Gasteiger partial charge >= 0.3 is 6.03 Å². The highest BCUT2D eigenvalue weighted by atomic mass is 35.5. The summed E-state index contributed by atoms with van der Waals surface area (Å²) in [4.78, 5) is 16.0. The third-order valence-electron chi connectivity index (χ3n) is 3.25. The lowest BCUT2D eigenvalue weighted by molar-refractivity contribution is 0.237. The third-order valence-corrected chi connectivity index (χ3v) is 3.99. The van der Waals surface area contributed by atoms with Gasteiger partial charge in [-0.05, 0) is 36.2 Å². The normalized spacial score (nSPS) is 11.7. The van der Waals surface area contributed by atoms with E-state index in [9.17, 15) is 4.79 Å². The highest BCUT2D eigenvalue weighted by Crippen LogP contribution is 2.25. The molecule has 5 nitrogen and oxygen atoms in total. The Labute approximate surface area is 145 Å². The van der Waals surface area contributed by atoms with Gasteiger partial charge < -0.3 is 15.4 Å². The van der Waals surface area contributed by atoms with E-state index in [1.807, 2.05) is 19.1 Å². The van der Waals surface area contributed by atoms with Crippen molar-refractivity contribution in [2.75, 3.05) is 7.11 Å². The Morgan fingerprint density at radius 3 is 2.74 bits per heavy atom. The predicted octanol–water partition coefficient (Wildman–Crippen LogP) is 3.96. The van der Waals surface area contributed by atoms with Crippen LogP contribution in [0.15, 0.2) is 36.5 Å². The molecule has 2 aromatic rings.